The summed E-state index contributed by atoms with van der Waals surface area (Å²) in [7, 11) is -3.59. The quantitative estimate of drug-likeness (QED) is 0.245. The zero-order chi connectivity index (χ0) is 30.9. The number of rotatable bonds is 14. The molecule has 0 bridgehead atoms. The highest BCUT2D eigenvalue weighted by Crippen LogP contribution is 2.25. The summed E-state index contributed by atoms with van der Waals surface area (Å²) in [5, 5.41) is 3.56. The summed E-state index contributed by atoms with van der Waals surface area (Å²) < 4.78 is 26.9. The van der Waals surface area contributed by atoms with Crippen molar-refractivity contribution in [2.24, 2.45) is 5.92 Å². The van der Waals surface area contributed by atoms with Gasteiger partial charge in [-0.15, -0.1) is 0 Å². The summed E-state index contributed by atoms with van der Waals surface area (Å²) in [6.07, 6.45) is 1.88. The number of amides is 2. The molecule has 0 saturated carbocycles. The Labute approximate surface area is 255 Å². The zero-order valence-corrected chi connectivity index (χ0v) is 26.7. The van der Waals surface area contributed by atoms with E-state index in [1.807, 2.05) is 88.4 Å². The molecule has 42 heavy (non-hydrogen) atoms. The molecule has 226 valence electrons. The Bertz CT molecular complexity index is 1460. The Balaban J connectivity index is 1.90. The van der Waals surface area contributed by atoms with E-state index in [-0.39, 0.29) is 43.7 Å². The molecule has 0 spiro atoms. The fraction of sp³-hybridized carbons (Fsp3) is 0.394. The minimum Gasteiger partial charge on any atom is -0.354 e. The van der Waals surface area contributed by atoms with Gasteiger partial charge in [-0.1, -0.05) is 80.0 Å². The third-order valence-corrected chi connectivity index (χ3v) is 8.40. The molecule has 0 saturated heterocycles. The summed E-state index contributed by atoms with van der Waals surface area (Å²) in [6.45, 7) is 8.65. The number of hydrogen-bond donors (Lipinski definition) is 1. The van der Waals surface area contributed by atoms with Crippen LogP contribution in [0.1, 0.15) is 48.9 Å². The van der Waals surface area contributed by atoms with Crippen molar-refractivity contribution in [3.05, 3.63) is 100 Å². The second-order valence-corrected chi connectivity index (χ2v) is 13.6. The van der Waals surface area contributed by atoms with E-state index in [0.717, 1.165) is 22.3 Å². The van der Waals surface area contributed by atoms with Gasteiger partial charge in [-0.25, -0.2) is 8.42 Å². The highest BCUT2D eigenvalue weighted by molar-refractivity contribution is 7.92. The first-order valence-electron chi connectivity index (χ1n) is 14.3. The van der Waals surface area contributed by atoms with Crippen molar-refractivity contribution in [1.82, 2.24) is 10.2 Å². The van der Waals surface area contributed by atoms with Gasteiger partial charge in [0.2, 0.25) is 21.8 Å². The summed E-state index contributed by atoms with van der Waals surface area (Å²) >= 11 is 6.26. The molecule has 0 unspecified atom stereocenters. The van der Waals surface area contributed by atoms with Gasteiger partial charge in [0, 0.05) is 37.5 Å². The predicted molar refractivity (Wildman–Crippen MR) is 171 cm³/mol. The molecule has 3 aromatic rings. The summed E-state index contributed by atoms with van der Waals surface area (Å²) in [6, 6.07) is 21.8. The van der Waals surface area contributed by atoms with Crippen LogP contribution in [0.3, 0.4) is 0 Å². The fourth-order valence-electron chi connectivity index (χ4n) is 4.78. The van der Waals surface area contributed by atoms with Gasteiger partial charge in [0.25, 0.3) is 0 Å². The van der Waals surface area contributed by atoms with Gasteiger partial charge in [-0.2, -0.15) is 0 Å². The second-order valence-electron chi connectivity index (χ2n) is 11.2. The molecule has 0 aliphatic heterocycles. The van der Waals surface area contributed by atoms with Crippen molar-refractivity contribution >= 4 is 39.1 Å². The molecule has 0 aromatic heterocycles. The fourth-order valence-corrected chi connectivity index (χ4v) is 6.01. The van der Waals surface area contributed by atoms with E-state index in [9.17, 15) is 18.0 Å². The molecule has 0 heterocycles. The molecular weight excluding hydrogens is 570 g/mol. The molecule has 3 rings (SSSR count). The van der Waals surface area contributed by atoms with Crippen LogP contribution in [0.25, 0.3) is 0 Å². The van der Waals surface area contributed by atoms with Crippen LogP contribution in [0.2, 0.25) is 5.02 Å². The Kier molecular flexibility index (Phi) is 12.0. The molecule has 9 heteroatoms. The molecule has 1 atom stereocenters. The lowest BCUT2D eigenvalue weighted by Crippen LogP contribution is -2.51. The van der Waals surface area contributed by atoms with Crippen molar-refractivity contribution < 1.29 is 18.0 Å². The maximum atomic E-state index is 13.9. The maximum Gasteiger partial charge on any atom is 0.243 e. The normalized spacial score (nSPS) is 12.2. The average molecular weight is 612 g/mol. The lowest BCUT2D eigenvalue weighted by Gasteiger charge is -2.32. The van der Waals surface area contributed by atoms with Crippen molar-refractivity contribution in [1.29, 1.82) is 0 Å². The minimum atomic E-state index is -3.59. The average Bonchev–Trinajstić information content (AvgIpc) is 2.93. The van der Waals surface area contributed by atoms with Crippen molar-refractivity contribution in [2.45, 2.75) is 59.5 Å². The van der Waals surface area contributed by atoms with Gasteiger partial charge in [-0.05, 0) is 66.6 Å². The first-order valence-corrected chi connectivity index (χ1v) is 16.5. The van der Waals surface area contributed by atoms with Crippen LogP contribution in [0.15, 0.2) is 72.8 Å². The number of carbonyl (C=O) groups is 2. The Morgan fingerprint density at radius 3 is 2.26 bits per heavy atom. The molecule has 0 aliphatic rings. The number of sulfonamides is 1. The van der Waals surface area contributed by atoms with E-state index in [0.29, 0.717) is 23.7 Å². The largest absolute Gasteiger partial charge is 0.354 e. The number of carbonyl (C=O) groups excluding carboxylic acids is 2. The molecule has 0 radical (unpaired) electrons. The van der Waals surface area contributed by atoms with Gasteiger partial charge in [0.1, 0.15) is 6.04 Å². The highest BCUT2D eigenvalue weighted by atomic mass is 35.5. The van der Waals surface area contributed by atoms with E-state index < -0.39 is 16.1 Å². The third kappa shape index (κ3) is 9.88. The van der Waals surface area contributed by atoms with Crippen LogP contribution in [0, 0.1) is 19.8 Å². The van der Waals surface area contributed by atoms with Gasteiger partial charge >= 0.3 is 0 Å². The number of benzene rings is 3. The smallest absolute Gasteiger partial charge is 0.243 e. The monoisotopic (exact) mass is 611 g/mol. The number of halogens is 1. The predicted octanol–water partition coefficient (Wildman–Crippen LogP) is 5.92. The second kappa shape index (κ2) is 15.2. The highest BCUT2D eigenvalue weighted by Gasteiger charge is 2.30. The topological polar surface area (TPSA) is 86.8 Å². The summed E-state index contributed by atoms with van der Waals surface area (Å²) in [5.74, 6) is -0.212. The molecule has 3 aromatic carbocycles. The lowest BCUT2D eigenvalue weighted by atomic mass is 10.0. The van der Waals surface area contributed by atoms with Crippen LogP contribution in [-0.4, -0.2) is 50.5 Å². The number of nitrogens with zero attached hydrogens (tertiary/aromatic N) is 2. The van der Waals surface area contributed by atoms with Crippen molar-refractivity contribution in [3.63, 3.8) is 0 Å². The number of anilines is 1. The molecule has 2 amide bonds. The van der Waals surface area contributed by atoms with Crippen LogP contribution in [0.5, 0.6) is 0 Å². The first kappa shape index (κ1) is 33.1. The standard InChI is InChI=1S/C33H42ClN3O4S/c1-24(2)22-35-33(39)31(21-27-11-7-6-8-12-27)36(23-28-13-9-14-29(34)20-28)32(38)15-10-18-37(42(5,40)41)30-19-25(3)16-17-26(30)4/h6-9,11-14,16-17,19-20,24,31H,10,15,18,21-23H2,1-5H3,(H,35,39)/t31-/m1/s1. The number of hydrogen-bond acceptors (Lipinski definition) is 4. The number of aryl methyl sites for hydroxylation is 2. The van der Waals surface area contributed by atoms with E-state index in [1.54, 1.807) is 17.0 Å². The Morgan fingerprint density at radius 1 is 0.929 bits per heavy atom. The van der Waals surface area contributed by atoms with Crippen LogP contribution >= 0.6 is 11.6 Å². The maximum absolute atomic E-state index is 13.9. The van der Waals surface area contributed by atoms with Gasteiger partial charge < -0.3 is 10.2 Å². The Hall–Kier alpha value is -3.36. The van der Waals surface area contributed by atoms with Gasteiger partial charge in [-0.3, -0.25) is 13.9 Å². The van der Waals surface area contributed by atoms with Crippen molar-refractivity contribution in [3.8, 4) is 0 Å². The van der Waals surface area contributed by atoms with Crippen LogP contribution < -0.4 is 9.62 Å². The van der Waals surface area contributed by atoms with E-state index in [2.05, 4.69) is 5.32 Å². The SMILES string of the molecule is Cc1ccc(C)c(N(CCCC(=O)N(Cc2cccc(Cl)c2)[C@H](Cc2ccccc2)C(=O)NCC(C)C)S(C)(=O)=O)c1. The van der Waals surface area contributed by atoms with Crippen molar-refractivity contribution in [2.75, 3.05) is 23.7 Å². The molecule has 0 aliphatic carbocycles. The van der Waals surface area contributed by atoms with E-state index >= 15 is 0 Å². The summed E-state index contributed by atoms with van der Waals surface area (Å²) in [5.41, 5.74) is 4.13. The number of nitrogens with one attached hydrogen (secondary N) is 1. The van der Waals surface area contributed by atoms with Crippen LogP contribution in [-0.2, 0) is 32.6 Å². The van der Waals surface area contributed by atoms with E-state index in [4.69, 9.17) is 11.6 Å². The molecule has 0 fully saturated rings. The summed E-state index contributed by atoms with van der Waals surface area (Å²) in [4.78, 5) is 29.2. The van der Waals surface area contributed by atoms with Crippen LogP contribution in [0.4, 0.5) is 5.69 Å². The lowest BCUT2D eigenvalue weighted by molar-refractivity contribution is -0.141. The van der Waals surface area contributed by atoms with Gasteiger partial charge in [0.15, 0.2) is 0 Å². The first-order chi connectivity index (χ1) is 19.8. The molecular formula is C33H42ClN3O4S. The Morgan fingerprint density at radius 2 is 1.62 bits per heavy atom. The minimum absolute atomic E-state index is 0.0696. The van der Waals surface area contributed by atoms with Gasteiger partial charge in [0.05, 0.1) is 11.9 Å². The van der Waals surface area contributed by atoms with E-state index in [1.165, 1.54) is 10.6 Å². The third-order valence-electron chi connectivity index (χ3n) is 6.98. The molecule has 1 N–H and O–H groups in total. The zero-order valence-electron chi connectivity index (χ0n) is 25.1. The molecule has 7 nitrogen and oxygen atoms in total.